The molecular formula is C23H15BrN4O4S2. The van der Waals surface area contributed by atoms with E-state index in [9.17, 15) is 18.3 Å². The van der Waals surface area contributed by atoms with Crippen molar-refractivity contribution in [3.05, 3.63) is 97.5 Å². The van der Waals surface area contributed by atoms with Crippen molar-refractivity contribution < 1.29 is 18.3 Å². The largest absolute Gasteiger partial charge is 0.493 e. The zero-order valence-corrected chi connectivity index (χ0v) is 20.4. The van der Waals surface area contributed by atoms with Crippen LogP contribution in [0, 0.1) is 0 Å². The van der Waals surface area contributed by atoms with Gasteiger partial charge in [-0.3, -0.25) is 9.36 Å². The molecule has 4 aromatic rings. The number of amides is 1. The lowest BCUT2D eigenvalue weighted by Gasteiger charge is -2.05. The second-order valence-electron chi connectivity index (χ2n) is 7.31. The maximum Gasteiger partial charge on any atom is 0.279 e. The molecule has 2 heterocycles. The number of aromatic hydroxyl groups is 1. The van der Waals surface area contributed by atoms with Crippen molar-refractivity contribution in [1.29, 1.82) is 0 Å². The molecule has 1 aliphatic heterocycles. The SMILES string of the molecule is NS(=O)(=O)c1ccc(N=c2sc(C3=c4cc(Br)ccc4=NC3=O)c(O)n2-c2ccccc2)cc1. The Balaban J connectivity index is 1.78. The number of sulfonamides is 1. The Morgan fingerprint density at radius 2 is 1.74 bits per heavy atom. The molecule has 3 aromatic carbocycles. The van der Waals surface area contributed by atoms with Gasteiger partial charge in [0.15, 0.2) is 4.80 Å². The van der Waals surface area contributed by atoms with Gasteiger partial charge in [-0.25, -0.2) is 23.5 Å². The molecule has 0 saturated heterocycles. The number of primary sulfonamides is 1. The Labute approximate surface area is 205 Å². The van der Waals surface area contributed by atoms with E-state index in [0.29, 0.717) is 31.6 Å². The highest BCUT2D eigenvalue weighted by atomic mass is 79.9. The molecule has 0 aliphatic carbocycles. The Bertz CT molecular complexity index is 1760. The standard InChI is InChI=1S/C23H15BrN4O4S2/c24-13-6-11-18-17(12-13)19(21(29)27-18)20-22(30)28(15-4-2-1-3-5-15)23(33-20)26-14-7-9-16(10-8-14)34(25,31)32/h1-12,30H,(H2,25,31,32). The van der Waals surface area contributed by atoms with Gasteiger partial charge in [0.2, 0.25) is 15.9 Å². The molecule has 0 fully saturated rings. The van der Waals surface area contributed by atoms with Gasteiger partial charge in [0.1, 0.15) is 4.88 Å². The minimum atomic E-state index is -3.83. The fourth-order valence-corrected chi connectivity index (χ4v) is 5.52. The Morgan fingerprint density at radius 1 is 1.03 bits per heavy atom. The summed E-state index contributed by atoms with van der Waals surface area (Å²) >= 11 is 4.55. The van der Waals surface area contributed by atoms with E-state index in [2.05, 4.69) is 25.9 Å². The number of carbonyl (C=O) groups is 1. The number of halogens is 1. The van der Waals surface area contributed by atoms with Crippen LogP contribution in [0.25, 0.3) is 11.3 Å². The van der Waals surface area contributed by atoms with Crippen LogP contribution < -0.4 is 20.5 Å². The Hall–Kier alpha value is -3.38. The molecule has 0 bridgehead atoms. The second kappa shape index (κ2) is 8.44. The molecular weight excluding hydrogens is 540 g/mol. The average Bonchev–Trinajstić information content (AvgIpc) is 3.28. The van der Waals surface area contributed by atoms with Gasteiger partial charge in [0, 0.05) is 9.69 Å². The molecule has 0 unspecified atom stereocenters. The quantitative estimate of drug-likeness (QED) is 0.401. The number of hydrogen-bond acceptors (Lipinski definition) is 6. The first-order valence-corrected chi connectivity index (χ1v) is 13.0. The number of thiazole rings is 1. The molecule has 1 aromatic heterocycles. The van der Waals surface area contributed by atoms with Crippen molar-refractivity contribution in [2.45, 2.75) is 4.90 Å². The summed E-state index contributed by atoms with van der Waals surface area (Å²) in [4.78, 5) is 22.2. The summed E-state index contributed by atoms with van der Waals surface area (Å²) in [5.41, 5.74) is 1.37. The molecule has 1 aliphatic rings. The van der Waals surface area contributed by atoms with Crippen molar-refractivity contribution in [3.63, 3.8) is 0 Å². The highest BCUT2D eigenvalue weighted by Gasteiger charge is 2.26. The van der Waals surface area contributed by atoms with Gasteiger partial charge < -0.3 is 5.11 Å². The molecule has 1 amide bonds. The van der Waals surface area contributed by atoms with Crippen molar-refractivity contribution >= 4 is 54.5 Å². The van der Waals surface area contributed by atoms with E-state index in [4.69, 9.17) is 5.14 Å². The zero-order chi connectivity index (χ0) is 24.0. The predicted molar refractivity (Wildman–Crippen MR) is 131 cm³/mol. The van der Waals surface area contributed by atoms with Crippen LogP contribution in [-0.2, 0) is 14.8 Å². The fraction of sp³-hybridized carbons (Fsp3) is 0. The molecule has 8 nitrogen and oxygen atoms in total. The molecule has 5 rings (SSSR count). The summed E-state index contributed by atoms with van der Waals surface area (Å²) in [5, 5.41) is 17.6. The highest BCUT2D eigenvalue weighted by molar-refractivity contribution is 9.10. The number of nitrogens with two attached hydrogens (primary N) is 1. The van der Waals surface area contributed by atoms with Gasteiger partial charge in [-0.05, 0) is 54.6 Å². The highest BCUT2D eigenvalue weighted by Crippen LogP contribution is 2.31. The van der Waals surface area contributed by atoms with Crippen LogP contribution in [0.5, 0.6) is 5.88 Å². The molecule has 0 radical (unpaired) electrons. The molecule has 34 heavy (non-hydrogen) atoms. The number of aromatic nitrogens is 1. The van der Waals surface area contributed by atoms with Crippen LogP contribution in [0.2, 0.25) is 0 Å². The Morgan fingerprint density at radius 3 is 2.41 bits per heavy atom. The number of para-hydroxylation sites is 1. The molecule has 0 spiro atoms. The number of nitrogens with zero attached hydrogens (tertiary/aromatic N) is 3. The normalized spacial score (nSPS) is 13.8. The fourth-order valence-electron chi connectivity index (χ4n) is 3.55. The van der Waals surface area contributed by atoms with Gasteiger partial charge >= 0.3 is 0 Å². The first-order valence-electron chi connectivity index (χ1n) is 9.83. The van der Waals surface area contributed by atoms with E-state index < -0.39 is 15.9 Å². The van der Waals surface area contributed by atoms with Crippen LogP contribution >= 0.6 is 27.3 Å². The minimum Gasteiger partial charge on any atom is -0.493 e. The third kappa shape index (κ3) is 4.03. The lowest BCUT2D eigenvalue weighted by Crippen LogP contribution is -2.22. The number of benzene rings is 3. The summed E-state index contributed by atoms with van der Waals surface area (Å²) in [6.45, 7) is 0. The van der Waals surface area contributed by atoms with Crippen molar-refractivity contribution in [2.75, 3.05) is 0 Å². The van der Waals surface area contributed by atoms with E-state index in [1.807, 2.05) is 18.2 Å². The molecule has 11 heteroatoms. The van der Waals surface area contributed by atoms with Gasteiger partial charge in [-0.2, -0.15) is 0 Å². The zero-order valence-electron chi connectivity index (χ0n) is 17.2. The van der Waals surface area contributed by atoms with Crippen LogP contribution in [0.1, 0.15) is 4.88 Å². The van der Waals surface area contributed by atoms with Crippen molar-refractivity contribution in [2.24, 2.45) is 15.1 Å². The lowest BCUT2D eigenvalue weighted by atomic mass is 10.1. The summed E-state index contributed by atoms with van der Waals surface area (Å²) < 4.78 is 25.4. The van der Waals surface area contributed by atoms with Gasteiger partial charge in [-0.15, -0.1) is 0 Å². The molecule has 0 saturated carbocycles. The van der Waals surface area contributed by atoms with Crippen LogP contribution in [0.3, 0.4) is 0 Å². The van der Waals surface area contributed by atoms with Gasteiger partial charge in [0.05, 0.1) is 27.2 Å². The molecule has 0 atom stereocenters. The number of hydrogen-bond donors (Lipinski definition) is 2. The van der Waals surface area contributed by atoms with Crippen molar-refractivity contribution in [3.8, 4) is 11.6 Å². The smallest absolute Gasteiger partial charge is 0.279 e. The number of rotatable bonds is 4. The molecule has 170 valence electrons. The Kier molecular flexibility index (Phi) is 5.56. The van der Waals surface area contributed by atoms with E-state index in [0.717, 1.165) is 15.8 Å². The summed E-state index contributed by atoms with van der Waals surface area (Å²) in [6.07, 6.45) is 0. The van der Waals surface area contributed by atoms with E-state index in [1.165, 1.54) is 28.8 Å². The predicted octanol–water partition coefficient (Wildman–Crippen LogP) is 2.25. The van der Waals surface area contributed by atoms with Crippen molar-refractivity contribution in [1.82, 2.24) is 4.57 Å². The van der Waals surface area contributed by atoms with Crippen LogP contribution in [0.15, 0.2) is 92.1 Å². The van der Waals surface area contributed by atoms with Crippen LogP contribution in [-0.4, -0.2) is 24.0 Å². The van der Waals surface area contributed by atoms with Gasteiger partial charge in [0.25, 0.3) is 5.91 Å². The first kappa shape index (κ1) is 22.4. The third-order valence-electron chi connectivity index (χ3n) is 5.09. The minimum absolute atomic E-state index is 0.0343. The van der Waals surface area contributed by atoms with Crippen LogP contribution in [0.4, 0.5) is 5.69 Å². The number of fused-ring (bicyclic) bond motifs is 1. The first-order chi connectivity index (χ1) is 16.2. The van der Waals surface area contributed by atoms with E-state index in [1.54, 1.807) is 30.3 Å². The average molecular weight is 555 g/mol. The number of carbonyl (C=O) groups excluding carboxylic acids is 1. The monoisotopic (exact) mass is 554 g/mol. The molecule has 3 N–H and O–H groups in total. The van der Waals surface area contributed by atoms with E-state index >= 15 is 0 Å². The summed E-state index contributed by atoms with van der Waals surface area (Å²) in [5.74, 6) is -0.601. The van der Waals surface area contributed by atoms with E-state index in [-0.39, 0.29) is 16.3 Å². The maximum atomic E-state index is 12.8. The summed E-state index contributed by atoms with van der Waals surface area (Å²) in [7, 11) is -3.83. The van der Waals surface area contributed by atoms with Gasteiger partial charge in [-0.1, -0.05) is 45.5 Å². The topological polar surface area (TPSA) is 127 Å². The maximum absolute atomic E-state index is 12.8. The summed E-state index contributed by atoms with van der Waals surface area (Å²) in [6, 6.07) is 20.1. The lowest BCUT2D eigenvalue weighted by molar-refractivity contribution is -0.112. The second-order valence-corrected chi connectivity index (χ2v) is 10.8. The third-order valence-corrected chi connectivity index (χ3v) is 7.56.